The fraction of sp³-hybridized carbons (Fsp3) is 0.333. The molecule has 92 valence electrons. The average molecular weight is 277 g/mol. The number of thiophene rings is 2. The van der Waals surface area contributed by atoms with E-state index in [9.17, 15) is 0 Å². The van der Waals surface area contributed by atoms with Gasteiger partial charge < -0.3 is 10.3 Å². The minimum Gasteiger partial charge on any atom is -0.333 e. The summed E-state index contributed by atoms with van der Waals surface area (Å²) in [6.07, 6.45) is 2.36. The van der Waals surface area contributed by atoms with Crippen molar-refractivity contribution in [3.63, 3.8) is 0 Å². The molecule has 1 saturated carbocycles. The lowest BCUT2D eigenvalue weighted by molar-refractivity contribution is 0.412. The van der Waals surface area contributed by atoms with Crippen LogP contribution in [0, 0.1) is 5.92 Å². The highest BCUT2D eigenvalue weighted by Crippen LogP contribution is 2.40. The molecule has 3 aromatic rings. The van der Waals surface area contributed by atoms with Gasteiger partial charge in [-0.05, 0) is 36.3 Å². The Bertz CT molecular complexity index is 666. The fourth-order valence-electron chi connectivity index (χ4n) is 2.01. The number of nitrogens with zero attached hydrogens (tertiary/aromatic N) is 2. The lowest BCUT2D eigenvalue weighted by Crippen LogP contribution is -2.13. The summed E-state index contributed by atoms with van der Waals surface area (Å²) in [7, 11) is 0. The quantitative estimate of drug-likeness (QED) is 0.796. The maximum absolute atomic E-state index is 6.07. The Kier molecular flexibility index (Phi) is 2.30. The minimum absolute atomic E-state index is 0.0661. The first-order chi connectivity index (χ1) is 8.81. The van der Waals surface area contributed by atoms with Gasteiger partial charge in [-0.25, -0.2) is 0 Å². The van der Waals surface area contributed by atoms with Crippen molar-refractivity contribution in [2.24, 2.45) is 11.7 Å². The van der Waals surface area contributed by atoms with Gasteiger partial charge >= 0.3 is 0 Å². The lowest BCUT2D eigenvalue weighted by atomic mass is 10.2. The van der Waals surface area contributed by atoms with Gasteiger partial charge in [0.05, 0.1) is 10.9 Å². The van der Waals surface area contributed by atoms with Gasteiger partial charge in [-0.15, -0.1) is 22.7 Å². The highest BCUT2D eigenvalue weighted by molar-refractivity contribution is 7.28. The van der Waals surface area contributed by atoms with Crippen molar-refractivity contribution in [2.45, 2.75) is 18.9 Å². The topological polar surface area (TPSA) is 64.9 Å². The van der Waals surface area contributed by atoms with Gasteiger partial charge in [0.15, 0.2) is 5.82 Å². The molecule has 1 aliphatic carbocycles. The molecule has 0 radical (unpaired) electrons. The Hall–Kier alpha value is -1.24. The Balaban J connectivity index is 1.69. The van der Waals surface area contributed by atoms with Crippen LogP contribution in [0.2, 0.25) is 0 Å². The highest BCUT2D eigenvalue weighted by Gasteiger charge is 2.32. The highest BCUT2D eigenvalue weighted by atomic mass is 32.1. The number of nitrogens with two attached hydrogens (primary N) is 1. The van der Waals surface area contributed by atoms with Gasteiger partial charge in [-0.3, -0.25) is 0 Å². The van der Waals surface area contributed by atoms with E-state index in [0.29, 0.717) is 17.6 Å². The first kappa shape index (κ1) is 10.7. The van der Waals surface area contributed by atoms with Crippen LogP contribution in [-0.4, -0.2) is 10.1 Å². The SMILES string of the molecule is NC(c1noc(-c2cc3sccc3s2)n1)C1CC1. The van der Waals surface area contributed by atoms with Crippen LogP contribution in [0.3, 0.4) is 0 Å². The molecule has 1 fully saturated rings. The van der Waals surface area contributed by atoms with Crippen LogP contribution in [0.1, 0.15) is 24.7 Å². The van der Waals surface area contributed by atoms with Gasteiger partial charge in [0, 0.05) is 9.40 Å². The monoisotopic (exact) mass is 277 g/mol. The first-order valence-corrected chi connectivity index (χ1v) is 7.57. The van der Waals surface area contributed by atoms with Gasteiger partial charge in [0.1, 0.15) is 0 Å². The molecule has 0 aromatic carbocycles. The molecule has 3 aromatic heterocycles. The lowest BCUT2D eigenvalue weighted by Gasteiger charge is -2.01. The molecule has 6 heteroatoms. The summed E-state index contributed by atoms with van der Waals surface area (Å²) in [5.74, 6) is 1.78. The van der Waals surface area contributed by atoms with Crippen LogP contribution in [0.15, 0.2) is 22.0 Å². The van der Waals surface area contributed by atoms with Crippen LogP contribution in [0.25, 0.3) is 20.2 Å². The zero-order chi connectivity index (χ0) is 12.1. The number of fused-ring (bicyclic) bond motifs is 1. The third-order valence-electron chi connectivity index (χ3n) is 3.22. The average Bonchev–Trinajstić information content (AvgIpc) is 2.76. The van der Waals surface area contributed by atoms with E-state index in [1.807, 2.05) is 0 Å². The predicted molar refractivity (Wildman–Crippen MR) is 72.6 cm³/mol. The molecule has 3 heterocycles. The second-order valence-electron chi connectivity index (χ2n) is 4.58. The molecule has 0 bridgehead atoms. The third-order valence-corrected chi connectivity index (χ3v) is 5.30. The normalized spacial score (nSPS) is 17.4. The first-order valence-electron chi connectivity index (χ1n) is 5.88. The number of rotatable bonds is 3. The van der Waals surface area contributed by atoms with Gasteiger partial charge in [-0.1, -0.05) is 5.16 Å². The van der Waals surface area contributed by atoms with Gasteiger partial charge in [-0.2, -0.15) is 4.98 Å². The largest absolute Gasteiger partial charge is 0.333 e. The molecule has 0 saturated heterocycles. The Morgan fingerprint density at radius 2 is 2.28 bits per heavy atom. The molecule has 2 N–H and O–H groups in total. The van der Waals surface area contributed by atoms with Crippen molar-refractivity contribution in [1.82, 2.24) is 10.1 Å². The Morgan fingerprint density at radius 3 is 3.06 bits per heavy atom. The molecule has 0 spiro atoms. The van der Waals surface area contributed by atoms with E-state index in [1.54, 1.807) is 22.7 Å². The van der Waals surface area contributed by atoms with E-state index >= 15 is 0 Å². The zero-order valence-electron chi connectivity index (χ0n) is 9.50. The molecule has 4 nitrogen and oxygen atoms in total. The van der Waals surface area contributed by atoms with E-state index in [1.165, 1.54) is 22.2 Å². The Morgan fingerprint density at radius 1 is 1.39 bits per heavy atom. The zero-order valence-corrected chi connectivity index (χ0v) is 11.1. The maximum atomic E-state index is 6.07. The van der Waals surface area contributed by atoms with Crippen LogP contribution in [0.4, 0.5) is 0 Å². The van der Waals surface area contributed by atoms with E-state index in [0.717, 1.165) is 4.88 Å². The van der Waals surface area contributed by atoms with Crippen molar-refractivity contribution in [3.05, 3.63) is 23.3 Å². The van der Waals surface area contributed by atoms with E-state index in [4.69, 9.17) is 10.3 Å². The van der Waals surface area contributed by atoms with Gasteiger partial charge in [0.2, 0.25) is 0 Å². The Labute approximate surface area is 111 Å². The summed E-state index contributed by atoms with van der Waals surface area (Å²) >= 11 is 3.41. The molecule has 1 aliphatic rings. The summed E-state index contributed by atoms with van der Waals surface area (Å²) < 4.78 is 7.85. The fourth-order valence-corrected chi connectivity index (χ4v) is 4.04. The minimum atomic E-state index is -0.0661. The molecule has 4 rings (SSSR count). The van der Waals surface area contributed by atoms with E-state index in [-0.39, 0.29) is 6.04 Å². The number of aromatic nitrogens is 2. The van der Waals surface area contributed by atoms with Crippen molar-refractivity contribution < 1.29 is 4.52 Å². The molecule has 0 amide bonds. The predicted octanol–water partition coefficient (Wildman–Crippen LogP) is 3.42. The number of hydrogen-bond acceptors (Lipinski definition) is 6. The summed E-state index contributed by atoms with van der Waals surface area (Å²) in [5, 5.41) is 6.10. The molecular weight excluding hydrogens is 266 g/mol. The molecule has 0 aliphatic heterocycles. The maximum Gasteiger partial charge on any atom is 0.268 e. The summed E-state index contributed by atoms with van der Waals surface area (Å²) in [6.45, 7) is 0. The van der Waals surface area contributed by atoms with Crippen molar-refractivity contribution in [2.75, 3.05) is 0 Å². The van der Waals surface area contributed by atoms with Crippen LogP contribution in [0.5, 0.6) is 0 Å². The second kappa shape index (κ2) is 3.88. The van der Waals surface area contributed by atoms with Crippen molar-refractivity contribution in [3.8, 4) is 10.8 Å². The number of hydrogen-bond donors (Lipinski definition) is 1. The van der Waals surface area contributed by atoms with Crippen molar-refractivity contribution in [1.29, 1.82) is 0 Å². The smallest absolute Gasteiger partial charge is 0.268 e. The summed E-state index contributed by atoms with van der Waals surface area (Å²) in [5.41, 5.74) is 6.07. The van der Waals surface area contributed by atoms with E-state index in [2.05, 4.69) is 27.7 Å². The van der Waals surface area contributed by atoms with Gasteiger partial charge in [0.25, 0.3) is 5.89 Å². The van der Waals surface area contributed by atoms with Crippen LogP contribution in [-0.2, 0) is 0 Å². The molecule has 18 heavy (non-hydrogen) atoms. The molecular formula is C12H11N3OS2. The summed E-state index contributed by atoms with van der Waals surface area (Å²) in [6, 6.07) is 4.15. The standard InChI is InChI=1S/C12H11N3OS2/c13-10(6-1-2-6)11-14-12(16-15-11)9-5-8-7(18-9)3-4-17-8/h3-6,10H,1-2,13H2. The third kappa shape index (κ3) is 1.68. The summed E-state index contributed by atoms with van der Waals surface area (Å²) in [4.78, 5) is 5.46. The van der Waals surface area contributed by atoms with E-state index < -0.39 is 0 Å². The molecule has 1 atom stereocenters. The van der Waals surface area contributed by atoms with Crippen LogP contribution < -0.4 is 5.73 Å². The molecule has 1 unspecified atom stereocenters. The second-order valence-corrected chi connectivity index (χ2v) is 6.61. The van der Waals surface area contributed by atoms with Crippen LogP contribution >= 0.6 is 22.7 Å². The van der Waals surface area contributed by atoms with Crippen molar-refractivity contribution >= 4 is 32.1 Å².